The van der Waals surface area contributed by atoms with Gasteiger partial charge in [0.05, 0.1) is 5.69 Å². The average Bonchev–Trinajstić information content (AvgIpc) is 2.47. The molecule has 1 N–H and O–H groups in total. The number of rotatable bonds is 1. The fourth-order valence-corrected chi connectivity index (χ4v) is 1.80. The quantitative estimate of drug-likeness (QED) is 0.705. The molecule has 3 heteroatoms. The minimum atomic E-state index is -0.488. The van der Waals surface area contributed by atoms with Gasteiger partial charge in [0, 0.05) is 18.5 Å². The molecule has 1 atom stereocenters. The molecule has 0 aromatic heterocycles. The van der Waals surface area contributed by atoms with Gasteiger partial charge in [-0.05, 0) is 18.1 Å². The van der Waals surface area contributed by atoms with Crippen LogP contribution in [-0.4, -0.2) is 6.54 Å². The van der Waals surface area contributed by atoms with Gasteiger partial charge in [0.15, 0.2) is 0 Å². The summed E-state index contributed by atoms with van der Waals surface area (Å²) < 4.78 is 26.0. The van der Waals surface area contributed by atoms with Crippen LogP contribution in [0.2, 0.25) is 0 Å². The van der Waals surface area contributed by atoms with Crippen molar-refractivity contribution in [2.45, 2.75) is 19.3 Å². The summed E-state index contributed by atoms with van der Waals surface area (Å²) in [6.07, 6.45) is 0.906. The molecule has 1 heterocycles. The van der Waals surface area contributed by atoms with Crippen LogP contribution in [0.1, 0.15) is 24.8 Å². The van der Waals surface area contributed by atoms with E-state index in [4.69, 9.17) is 0 Å². The molecule has 0 bridgehead atoms. The zero-order valence-corrected chi connectivity index (χ0v) is 7.40. The van der Waals surface area contributed by atoms with Gasteiger partial charge in [-0.3, -0.25) is 0 Å². The molecule has 70 valence electrons. The highest BCUT2D eigenvalue weighted by molar-refractivity contribution is 5.58. The lowest BCUT2D eigenvalue weighted by Gasteiger charge is -2.05. The second-order valence-electron chi connectivity index (χ2n) is 3.34. The second-order valence-corrected chi connectivity index (χ2v) is 3.34. The number of fused-ring (bicyclic) bond motifs is 1. The predicted molar refractivity (Wildman–Crippen MR) is 47.9 cm³/mol. The van der Waals surface area contributed by atoms with Crippen molar-refractivity contribution in [1.82, 2.24) is 0 Å². The molecule has 1 aliphatic rings. The van der Waals surface area contributed by atoms with Gasteiger partial charge in [-0.2, -0.15) is 0 Å². The van der Waals surface area contributed by atoms with Gasteiger partial charge in [0.2, 0.25) is 0 Å². The van der Waals surface area contributed by atoms with Crippen molar-refractivity contribution in [3.05, 3.63) is 29.3 Å². The summed E-state index contributed by atoms with van der Waals surface area (Å²) in [5.41, 5.74) is 1.26. The minimum Gasteiger partial charge on any atom is -0.382 e. The van der Waals surface area contributed by atoms with E-state index in [1.54, 1.807) is 0 Å². The fraction of sp³-hybridized carbons (Fsp3) is 0.400. The maximum Gasteiger partial charge on any atom is 0.149 e. The Morgan fingerprint density at radius 1 is 1.46 bits per heavy atom. The van der Waals surface area contributed by atoms with E-state index in [2.05, 4.69) is 5.32 Å². The van der Waals surface area contributed by atoms with Gasteiger partial charge in [0.25, 0.3) is 0 Å². The van der Waals surface area contributed by atoms with Crippen molar-refractivity contribution < 1.29 is 8.78 Å². The Morgan fingerprint density at radius 3 is 2.92 bits per heavy atom. The summed E-state index contributed by atoms with van der Waals surface area (Å²) in [5.74, 6) is -0.718. The Bertz CT molecular complexity index is 336. The summed E-state index contributed by atoms with van der Waals surface area (Å²) in [6.45, 7) is 2.73. The molecule has 2 rings (SSSR count). The lowest BCUT2D eigenvalue weighted by atomic mass is 9.99. The van der Waals surface area contributed by atoms with E-state index >= 15 is 0 Å². The summed E-state index contributed by atoms with van der Waals surface area (Å²) >= 11 is 0. The van der Waals surface area contributed by atoms with Crippen molar-refractivity contribution in [2.24, 2.45) is 0 Å². The van der Waals surface area contributed by atoms with E-state index in [0.717, 1.165) is 18.1 Å². The van der Waals surface area contributed by atoms with Crippen LogP contribution < -0.4 is 5.32 Å². The number of halogens is 2. The van der Waals surface area contributed by atoms with Gasteiger partial charge >= 0.3 is 0 Å². The normalized spacial score (nSPS) is 19.8. The SMILES string of the molecule is CCC1CNc2c(F)cc(F)cc21. The molecule has 1 aliphatic heterocycles. The molecule has 0 radical (unpaired) electrons. The minimum absolute atomic E-state index is 0.250. The van der Waals surface area contributed by atoms with Crippen LogP contribution in [0.3, 0.4) is 0 Å². The first-order valence-corrected chi connectivity index (χ1v) is 4.45. The van der Waals surface area contributed by atoms with E-state index in [-0.39, 0.29) is 5.92 Å². The molecule has 0 fully saturated rings. The van der Waals surface area contributed by atoms with Gasteiger partial charge in [-0.1, -0.05) is 6.92 Å². The summed E-state index contributed by atoms with van der Waals surface area (Å²) in [6, 6.07) is 2.34. The number of hydrogen-bond acceptors (Lipinski definition) is 1. The molecule has 1 unspecified atom stereocenters. The topological polar surface area (TPSA) is 12.0 Å². The van der Waals surface area contributed by atoms with Crippen LogP contribution in [0, 0.1) is 11.6 Å². The molecular formula is C10H11F2N. The molecule has 0 saturated heterocycles. The van der Waals surface area contributed by atoms with E-state index in [9.17, 15) is 8.78 Å². The third kappa shape index (κ3) is 1.28. The Labute approximate surface area is 75.8 Å². The summed E-state index contributed by atoms with van der Waals surface area (Å²) in [5, 5.41) is 2.95. The van der Waals surface area contributed by atoms with Crippen molar-refractivity contribution in [3.8, 4) is 0 Å². The van der Waals surface area contributed by atoms with Gasteiger partial charge < -0.3 is 5.32 Å². The average molecular weight is 183 g/mol. The van der Waals surface area contributed by atoms with Crippen LogP contribution in [0.25, 0.3) is 0 Å². The molecular weight excluding hydrogens is 172 g/mol. The molecule has 1 aromatic rings. The molecule has 13 heavy (non-hydrogen) atoms. The Hall–Kier alpha value is -1.12. The summed E-state index contributed by atoms with van der Waals surface area (Å²) in [4.78, 5) is 0. The molecule has 0 saturated carbocycles. The van der Waals surface area contributed by atoms with E-state index in [1.807, 2.05) is 6.92 Å². The number of nitrogens with one attached hydrogen (secondary N) is 1. The lowest BCUT2D eigenvalue weighted by Crippen LogP contribution is -1.99. The molecule has 0 spiro atoms. The molecule has 0 amide bonds. The number of benzene rings is 1. The predicted octanol–water partition coefficient (Wildman–Crippen LogP) is 2.88. The highest BCUT2D eigenvalue weighted by atomic mass is 19.1. The zero-order valence-electron chi connectivity index (χ0n) is 7.40. The standard InChI is InChI=1S/C10H11F2N/c1-2-6-5-13-10-8(6)3-7(11)4-9(10)12/h3-4,6,13H,2,5H2,1H3. The zero-order chi connectivity index (χ0) is 9.42. The van der Waals surface area contributed by atoms with Crippen LogP contribution in [0.4, 0.5) is 14.5 Å². The molecule has 1 nitrogen and oxygen atoms in total. The third-order valence-corrected chi connectivity index (χ3v) is 2.54. The molecule has 1 aromatic carbocycles. The summed E-state index contributed by atoms with van der Waals surface area (Å²) in [7, 11) is 0. The van der Waals surface area contributed by atoms with Crippen molar-refractivity contribution in [2.75, 3.05) is 11.9 Å². The van der Waals surface area contributed by atoms with E-state index in [0.29, 0.717) is 12.2 Å². The smallest absolute Gasteiger partial charge is 0.149 e. The van der Waals surface area contributed by atoms with Gasteiger partial charge in [-0.25, -0.2) is 8.78 Å². The number of hydrogen-bond donors (Lipinski definition) is 1. The van der Waals surface area contributed by atoms with Crippen molar-refractivity contribution in [3.63, 3.8) is 0 Å². The second kappa shape index (κ2) is 2.98. The van der Waals surface area contributed by atoms with Crippen LogP contribution >= 0.6 is 0 Å². The largest absolute Gasteiger partial charge is 0.382 e. The van der Waals surface area contributed by atoms with E-state index < -0.39 is 11.6 Å². The van der Waals surface area contributed by atoms with Crippen molar-refractivity contribution in [1.29, 1.82) is 0 Å². The maximum atomic E-state index is 13.2. The van der Waals surface area contributed by atoms with Crippen LogP contribution in [-0.2, 0) is 0 Å². The maximum absolute atomic E-state index is 13.2. The molecule has 0 aliphatic carbocycles. The number of anilines is 1. The highest BCUT2D eigenvalue weighted by Gasteiger charge is 2.24. The Balaban J connectivity index is 2.51. The first kappa shape index (κ1) is 8.48. The van der Waals surface area contributed by atoms with Gasteiger partial charge in [0.1, 0.15) is 11.6 Å². The fourth-order valence-electron chi connectivity index (χ4n) is 1.80. The monoisotopic (exact) mass is 183 g/mol. The first-order chi connectivity index (χ1) is 6.22. The Morgan fingerprint density at radius 2 is 2.23 bits per heavy atom. The third-order valence-electron chi connectivity index (χ3n) is 2.54. The van der Waals surface area contributed by atoms with Crippen LogP contribution in [0.15, 0.2) is 12.1 Å². The lowest BCUT2D eigenvalue weighted by molar-refractivity contribution is 0.582. The van der Waals surface area contributed by atoms with Crippen molar-refractivity contribution >= 4 is 5.69 Å². The van der Waals surface area contributed by atoms with E-state index in [1.165, 1.54) is 6.07 Å². The highest BCUT2D eigenvalue weighted by Crippen LogP contribution is 2.35. The van der Waals surface area contributed by atoms with Crippen LogP contribution in [0.5, 0.6) is 0 Å². The first-order valence-electron chi connectivity index (χ1n) is 4.45. The Kier molecular flexibility index (Phi) is 1.94. The van der Waals surface area contributed by atoms with Gasteiger partial charge in [-0.15, -0.1) is 0 Å².